The largest absolute Gasteiger partial charge is 0.392 e. The predicted molar refractivity (Wildman–Crippen MR) is 73.8 cm³/mol. The summed E-state index contributed by atoms with van der Waals surface area (Å²) in [4.78, 5) is 3.00. The summed E-state index contributed by atoms with van der Waals surface area (Å²) in [5.41, 5.74) is 5.82. The minimum atomic E-state index is 0.204. The highest BCUT2D eigenvalue weighted by Crippen LogP contribution is 2.15. The molecule has 0 rings (SSSR count). The van der Waals surface area contributed by atoms with Crippen LogP contribution in [0.1, 0.15) is 40.0 Å². The Kier molecular flexibility index (Phi) is 8.80. The van der Waals surface area contributed by atoms with Crippen LogP contribution in [0.3, 0.4) is 0 Å². The average molecular weight is 246 g/mol. The summed E-state index contributed by atoms with van der Waals surface area (Å²) in [7, 11) is 1.73. The third-order valence-corrected chi connectivity index (χ3v) is 3.35. The van der Waals surface area contributed by atoms with E-state index in [2.05, 4.69) is 25.7 Å². The van der Waals surface area contributed by atoms with Crippen LogP contribution in [0, 0.1) is 0 Å². The monoisotopic (exact) mass is 246 g/mol. The number of ether oxygens (including phenoxy) is 1. The molecular formula is C12H26N2OS. The predicted octanol–water partition coefficient (Wildman–Crippen LogP) is 2.19. The summed E-state index contributed by atoms with van der Waals surface area (Å²) in [5, 5.41) is 0. The minimum Gasteiger partial charge on any atom is -0.392 e. The van der Waals surface area contributed by atoms with Crippen molar-refractivity contribution in [3.05, 3.63) is 0 Å². The molecule has 3 nitrogen and oxygen atoms in total. The molecule has 1 unspecified atom stereocenters. The maximum atomic E-state index is 5.82. The first-order valence-corrected chi connectivity index (χ1v) is 6.57. The van der Waals surface area contributed by atoms with E-state index < -0.39 is 0 Å². The minimum absolute atomic E-state index is 0.204. The highest BCUT2D eigenvalue weighted by molar-refractivity contribution is 7.80. The molecule has 2 N–H and O–H groups in total. The van der Waals surface area contributed by atoms with Gasteiger partial charge in [-0.2, -0.15) is 0 Å². The van der Waals surface area contributed by atoms with Crippen LogP contribution in [0.2, 0.25) is 0 Å². The van der Waals surface area contributed by atoms with Crippen LogP contribution in [0.25, 0.3) is 0 Å². The van der Waals surface area contributed by atoms with Gasteiger partial charge in [0.1, 0.15) is 0 Å². The molecule has 0 bridgehead atoms. The lowest BCUT2D eigenvalue weighted by atomic mass is 10.1. The summed E-state index contributed by atoms with van der Waals surface area (Å²) in [6.45, 7) is 8.18. The average Bonchev–Trinajstić information content (AvgIpc) is 2.27. The molecule has 1 atom stereocenters. The van der Waals surface area contributed by atoms with Crippen LogP contribution in [-0.2, 0) is 4.74 Å². The third-order valence-electron chi connectivity index (χ3n) is 3.08. The van der Waals surface area contributed by atoms with Crippen molar-refractivity contribution in [3.63, 3.8) is 0 Å². The lowest BCUT2D eigenvalue weighted by molar-refractivity contribution is 0.0997. The van der Waals surface area contributed by atoms with Gasteiger partial charge in [-0.25, -0.2) is 0 Å². The second-order valence-electron chi connectivity index (χ2n) is 4.03. The molecule has 4 heteroatoms. The second kappa shape index (κ2) is 8.90. The van der Waals surface area contributed by atoms with Crippen LogP contribution >= 0.6 is 12.2 Å². The smallest absolute Gasteiger partial charge is 0.0902 e. The molecular weight excluding hydrogens is 220 g/mol. The van der Waals surface area contributed by atoms with E-state index in [9.17, 15) is 0 Å². The molecule has 0 aromatic heterocycles. The van der Waals surface area contributed by atoms with Gasteiger partial charge in [0.05, 0.1) is 17.6 Å². The second-order valence-corrected chi connectivity index (χ2v) is 4.50. The van der Waals surface area contributed by atoms with E-state index in [1.165, 1.54) is 0 Å². The number of rotatable bonds is 9. The quantitative estimate of drug-likeness (QED) is 0.633. The molecule has 0 aromatic rings. The van der Waals surface area contributed by atoms with E-state index in [0.717, 1.165) is 32.4 Å². The topological polar surface area (TPSA) is 38.5 Å². The zero-order chi connectivity index (χ0) is 12.6. The Morgan fingerprint density at radius 1 is 1.25 bits per heavy atom. The number of thiocarbonyl (C=S) groups is 1. The third kappa shape index (κ3) is 4.76. The molecule has 0 spiro atoms. The Morgan fingerprint density at radius 3 is 2.12 bits per heavy atom. The Balaban J connectivity index is 4.66. The first kappa shape index (κ1) is 15.8. The normalized spacial score (nSPS) is 13.4. The standard InChI is InChI=1S/C12H26N2OS/c1-5-10(6-2)14(8-9-15-4)11(7-3)12(13)16/h10-11H,5-9H2,1-4H3,(H2,13,16). The van der Waals surface area contributed by atoms with Crippen molar-refractivity contribution in [1.82, 2.24) is 4.90 Å². The van der Waals surface area contributed by atoms with Crippen LogP contribution in [-0.4, -0.2) is 42.2 Å². The van der Waals surface area contributed by atoms with E-state index in [-0.39, 0.29) is 6.04 Å². The summed E-state index contributed by atoms with van der Waals surface area (Å²) >= 11 is 5.15. The highest BCUT2D eigenvalue weighted by Gasteiger charge is 2.24. The van der Waals surface area contributed by atoms with Gasteiger partial charge in [-0.1, -0.05) is 33.0 Å². The van der Waals surface area contributed by atoms with Gasteiger partial charge in [-0.3, -0.25) is 4.90 Å². The first-order valence-electron chi connectivity index (χ1n) is 6.16. The van der Waals surface area contributed by atoms with Gasteiger partial charge in [-0.15, -0.1) is 0 Å². The lowest BCUT2D eigenvalue weighted by Crippen LogP contribution is -2.49. The molecule has 0 radical (unpaired) electrons. The van der Waals surface area contributed by atoms with Crippen molar-refractivity contribution in [2.45, 2.75) is 52.1 Å². The fourth-order valence-corrected chi connectivity index (χ4v) is 2.45. The number of nitrogens with two attached hydrogens (primary N) is 1. The van der Waals surface area contributed by atoms with Gasteiger partial charge in [-0.05, 0) is 19.3 Å². The first-order chi connectivity index (χ1) is 7.62. The van der Waals surface area contributed by atoms with Gasteiger partial charge < -0.3 is 10.5 Å². The van der Waals surface area contributed by atoms with Crippen molar-refractivity contribution in [2.24, 2.45) is 5.73 Å². The molecule has 0 aliphatic carbocycles. The molecule has 0 heterocycles. The summed E-state index contributed by atoms with van der Waals surface area (Å²) in [6, 6.07) is 0.747. The molecule has 0 saturated carbocycles. The van der Waals surface area contributed by atoms with E-state index in [1.54, 1.807) is 7.11 Å². The number of nitrogens with zero attached hydrogens (tertiary/aromatic N) is 1. The molecule has 96 valence electrons. The summed E-state index contributed by atoms with van der Waals surface area (Å²) in [6.07, 6.45) is 3.22. The van der Waals surface area contributed by atoms with Gasteiger partial charge in [0.15, 0.2) is 0 Å². The van der Waals surface area contributed by atoms with Crippen molar-refractivity contribution in [1.29, 1.82) is 0 Å². The molecule has 0 aliphatic rings. The highest BCUT2D eigenvalue weighted by atomic mass is 32.1. The van der Waals surface area contributed by atoms with Crippen LogP contribution in [0.5, 0.6) is 0 Å². The lowest BCUT2D eigenvalue weighted by Gasteiger charge is -2.36. The fraction of sp³-hybridized carbons (Fsp3) is 0.917. The van der Waals surface area contributed by atoms with E-state index in [4.69, 9.17) is 22.7 Å². The van der Waals surface area contributed by atoms with Gasteiger partial charge in [0.2, 0.25) is 0 Å². The van der Waals surface area contributed by atoms with Crippen LogP contribution < -0.4 is 5.73 Å². The van der Waals surface area contributed by atoms with Crippen molar-refractivity contribution in [3.8, 4) is 0 Å². The molecule has 0 saturated heterocycles. The number of methoxy groups -OCH3 is 1. The molecule has 0 aliphatic heterocycles. The molecule has 0 fully saturated rings. The summed E-state index contributed by atoms with van der Waals surface area (Å²) < 4.78 is 5.16. The Hall–Kier alpha value is -0.190. The van der Waals surface area contributed by atoms with Gasteiger partial charge in [0, 0.05) is 19.7 Å². The maximum absolute atomic E-state index is 5.82. The van der Waals surface area contributed by atoms with E-state index in [1.807, 2.05) is 0 Å². The SMILES string of the molecule is CCC(CC)N(CCOC)C(CC)C(N)=S. The Labute approximate surface area is 105 Å². The van der Waals surface area contributed by atoms with Crippen molar-refractivity contribution in [2.75, 3.05) is 20.3 Å². The van der Waals surface area contributed by atoms with E-state index in [0.29, 0.717) is 11.0 Å². The van der Waals surface area contributed by atoms with Crippen LogP contribution in [0.15, 0.2) is 0 Å². The van der Waals surface area contributed by atoms with Crippen molar-refractivity contribution < 1.29 is 4.74 Å². The molecule has 0 aromatic carbocycles. The fourth-order valence-electron chi connectivity index (χ4n) is 2.15. The summed E-state index contributed by atoms with van der Waals surface area (Å²) in [5.74, 6) is 0. The Morgan fingerprint density at radius 2 is 1.81 bits per heavy atom. The zero-order valence-corrected chi connectivity index (χ0v) is 11.8. The number of hydrogen-bond acceptors (Lipinski definition) is 3. The van der Waals surface area contributed by atoms with Gasteiger partial charge in [0.25, 0.3) is 0 Å². The van der Waals surface area contributed by atoms with Crippen molar-refractivity contribution >= 4 is 17.2 Å². The molecule has 0 amide bonds. The van der Waals surface area contributed by atoms with Crippen LogP contribution in [0.4, 0.5) is 0 Å². The molecule has 16 heavy (non-hydrogen) atoms. The zero-order valence-electron chi connectivity index (χ0n) is 11.0. The van der Waals surface area contributed by atoms with E-state index >= 15 is 0 Å². The maximum Gasteiger partial charge on any atom is 0.0902 e. The number of hydrogen-bond donors (Lipinski definition) is 1. The Bertz CT molecular complexity index is 195. The van der Waals surface area contributed by atoms with Gasteiger partial charge >= 0.3 is 0 Å².